The fourth-order valence-electron chi connectivity index (χ4n) is 6.87. The molecule has 0 radical (unpaired) electrons. The maximum absolute atomic E-state index is 2.49. The van der Waals surface area contributed by atoms with E-state index >= 15 is 0 Å². The van der Waals surface area contributed by atoms with Gasteiger partial charge >= 0.3 is 0 Å². The van der Waals surface area contributed by atoms with E-state index in [-0.39, 0.29) is 0 Å². The molecule has 0 amide bonds. The Labute approximate surface area is 274 Å². The minimum atomic E-state index is -0.832. The first-order valence-corrected chi connectivity index (χ1v) is 18.7. The zero-order valence-electron chi connectivity index (χ0n) is 25.6. The number of benzene rings is 6. The molecule has 220 valence electrons. The lowest BCUT2D eigenvalue weighted by Crippen LogP contribution is -2.25. The third kappa shape index (κ3) is 5.43. The fourth-order valence-corrected chi connectivity index (χ4v) is 11.8. The van der Waals surface area contributed by atoms with Crippen molar-refractivity contribution in [3.8, 4) is 0 Å². The second-order valence-electron chi connectivity index (χ2n) is 11.7. The summed E-state index contributed by atoms with van der Waals surface area (Å²) in [6, 6.07) is 58.4. The van der Waals surface area contributed by atoms with Crippen LogP contribution in [0.3, 0.4) is 0 Å². The molecule has 0 saturated heterocycles. The van der Waals surface area contributed by atoms with Crippen molar-refractivity contribution >= 4 is 58.7 Å². The van der Waals surface area contributed by atoms with Gasteiger partial charge < -0.3 is 0 Å². The van der Waals surface area contributed by atoms with Crippen LogP contribution in [-0.2, 0) is 0 Å². The lowest BCUT2D eigenvalue weighted by atomic mass is 9.79. The molecule has 0 bridgehead atoms. The van der Waals surface area contributed by atoms with E-state index in [4.69, 9.17) is 0 Å². The van der Waals surface area contributed by atoms with Crippen molar-refractivity contribution in [3.63, 3.8) is 0 Å². The van der Waals surface area contributed by atoms with E-state index in [2.05, 4.69) is 188 Å². The fraction of sp³-hybridized carbons (Fsp3) is 0.0455. The van der Waals surface area contributed by atoms with Crippen LogP contribution in [0, 0.1) is 5.92 Å². The molecule has 2 aliphatic rings. The maximum atomic E-state index is 2.49. The van der Waals surface area contributed by atoms with Crippen LogP contribution in [0.5, 0.6) is 0 Å². The average molecular weight is 625 g/mol. The Hall–Kier alpha value is -4.60. The van der Waals surface area contributed by atoms with Crippen LogP contribution < -0.4 is 26.5 Å². The molecular formula is C44H34P2. The maximum Gasteiger partial charge on any atom is 0.00623 e. The number of hydrogen-bond donors (Lipinski definition) is 0. The Morgan fingerprint density at radius 3 is 1.61 bits per heavy atom. The Balaban J connectivity index is 1.51. The van der Waals surface area contributed by atoms with Gasteiger partial charge in [-0.05, 0) is 81.6 Å². The van der Waals surface area contributed by atoms with Crippen LogP contribution in [0.15, 0.2) is 199 Å². The Morgan fingerprint density at radius 2 is 1.02 bits per heavy atom. The largest absolute Gasteiger partial charge is 0.0836 e. The molecule has 0 N–H and O–H groups in total. The second kappa shape index (κ2) is 13.0. The van der Waals surface area contributed by atoms with Crippen molar-refractivity contribution in [2.45, 2.75) is 6.42 Å². The molecule has 0 aliphatic heterocycles. The molecule has 6 aromatic carbocycles. The summed E-state index contributed by atoms with van der Waals surface area (Å²) in [4.78, 5) is 0. The van der Waals surface area contributed by atoms with Crippen molar-refractivity contribution < 1.29 is 0 Å². The molecule has 0 heterocycles. The first-order valence-electron chi connectivity index (χ1n) is 16.0. The summed E-state index contributed by atoms with van der Waals surface area (Å²) in [6.07, 6.45) is 13.0. The number of allylic oxidation sites excluding steroid dienone is 8. The van der Waals surface area contributed by atoms with Gasteiger partial charge in [0.15, 0.2) is 0 Å². The van der Waals surface area contributed by atoms with Crippen molar-refractivity contribution in [2.75, 3.05) is 0 Å². The van der Waals surface area contributed by atoms with E-state index in [1.807, 2.05) is 0 Å². The van der Waals surface area contributed by atoms with Crippen LogP contribution >= 0.6 is 15.8 Å². The predicted octanol–water partition coefficient (Wildman–Crippen LogP) is 9.51. The monoisotopic (exact) mass is 624 g/mol. The molecule has 0 nitrogen and oxygen atoms in total. The van der Waals surface area contributed by atoms with Crippen LogP contribution in [0.25, 0.3) is 16.3 Å². The average Bonchev–Trinajstić information content (AvgIpc) is 3.14. The smallest absolute Gasteiger partial charge is 0.00623 e. The van der Waals surface area contributed by atoms with Gasteiger partial charge in [-0.2, -0.15) is 0 Å². The third-order valence-electron chi connectivity index (χ3n) is 8.93. The van der Waals surface area contributed by atoms with Crippen LogP contribution in [0.1, 0.15) is 12.0 Å². The van der Waals surface area contributed by atoms with Gasteiger partial charge in [0.2, 0.25) is 0 Å². The molecule has 0 fully saturated rings. The van der Waals surface area contributed by atoms with Gasteiger partial charge in [0, 0.05) is 5.92 Å². The zero-order chi connectivity index (χ0) is 30.7. The van der Waals surface area contributed by atoms with Gasteiger partial charge in [-0.3, -0.25) is 0 Å². The molecule has 6 aromatic rings. The summed E-state index contributed by atoms with van der Waals surface area (Å²) in [6.45, 7) is 0. The second-order valence-corrected chi connectivity index (χ2v) is 16.1. The minimum Gasteiger partial charge on any atom is -0.0836 e. The SMILES string of the molecule is C1=CCC2C=CC(P(c3ccccc3)c3ccccc3)=C(c3c(P(c4ccccc4)c4ccccc4)ccc4ccccc34)C2=C1. The molecular weight excluding hydrogens is 590 g/mol. The van der Waals surface area contributed by atoms with Crippen LogP contribution in [-0.4, -0.2) is 0 Å². The quantitative estimate of drug-likeness (QED) is 0.155. The Bertz CT molecular complexity index is 2030. The predicted molar refractivity (Wildman–Crippen MR) is 203 cm³/mol. The molecule has 8 rings (SSSR count). The van der Waals surface area contributed by atoms with Crippen molar-refractivity contribution in [1.29, 1.82) is 0 Å². The van der Waals surface area contributed by atoms with Gasteiger partial charge in [-0.15, -0.1) is 0 Å². The van der Waals surface area contributed by atoms with Gasteiger partial charge in [-0.25, -0.2) is 0 Å². The van der Waals surface area contributed by atoms with Crippen LogP contribution in [0.4, 0.5) is 0 Å². The third-order valence-corrected chi connectivity index (χ3v) is 13.9. The molecule has 46 heavy (non-hydrogen) atoms. The lowest BCUT2D eigenvalue weighted by Gasteiger charge is -2.34. The summed E-state index contributed by atoms with van der Waals surface area (Å²) in [7, 11) is -1.66. The highest BCUT2D eigenvalue weighted by Gasteiger charge is 2.33. The first kappa shape index (κ1) is 28.8. The van der Waals surface area contributed by atoms with Gasteiger partial charge in [0.05, 0.1) is 0 Å². The molecule has 0 aromatic heterocycles. The van der Waals surface area contributed by atoms with E-state index in [0.29, 0.717) is 5.92 Å². The Kier molecular flexibility index (Phi) is 8.17. The molecule has 0 saturated carbocycles. The number of fused-ring (bicyclic) bond motifs is 2. The van der Waals surface area contributed by atoms with Crippen molar-refractivity contribution in [1.82, 2.24) is 0 Å². The standard InChI is InChI=1S/C44H34P2/c1-5-19-35(20-6-1)45(36-21-7-2-8-22-36)41-31-29-33-17-13-15-27-39(33)43(41)44-40-28-16-14-18-34(40)30-32-42(44)46(37-23-9-3-10-24-37)38-25-11-4-12-26-38/h1-17,19-32,34H,18H2. The summed E-state index contributed by atoms with van der Waals surface area (Å²) in [5.41, 5.74) is 4.25. The number of rotatable bonds is 7. The highest BCUT2D eigenvalue weighted by Crippen LogP contribution is 2.54. The van der Waals surface area contributed by atoms with E-state index in [9.17, 15) is 0 Å². The highest BCUT2D eigenvalue weighted by atomic mass is 31.1. The van der Waals surface area contributed by atoms with Crippen LogP contribution in [0.2, 0.25) is 0 Å². The van der Waals surface area contributed by atoms with E-state index in [1.165, 1.54) is 59.3 Å². The van der Waals surface area contributed by atoms with Gasteiger partial charge in [0.25, 0.3) is 0 Å². The molecule has 2 aliphatic carbocycles. The molecule has 2 heteroatoms. The summed E-state index contributed by atoms with van der Waals surface area (Å²) < 4.78 is 0. The minimum absolute atomic E-state index is 0.360. The number of hydrogen-bond acceptors (Lipinski definition) is 0. The molecule has 0 spiro atoms. The zero-order valence-corrected chi connectivity index (χ0v) is 27.4. The van der Waals surface area contributed by atoms with E-state index in [1.54, 1.807) is 0 Å². The highest BCUT2D eigenvalue weighted by molar-refractivity contribution is 7.80. The topological polar surface area (TPSA) is 0 Å². The van der Waals surface area contributed by atoms with Crippen molar-refractivity contribution in [2.24, 2.45) is 5.92 Å². The normalized spacial score (nSPS) is 15.8. The summed E-state index contributed by atoms with van der Waals surface area (Å²) >= 11 is 0. The van der Waals surface area contributed by atoms with E-state index < -0.39 is 15.8 Å². The van der Waals surface area contributed by atoms with Gasteiger partial charge in [-0.1, -0.05) is 188 Å². The van der Waals surface area contributed by atoms with Gasteiger partial charge in [0.1, 0.15) is 0 Å². The summed E-state index contributed by atoms with van der Waals surface area (Å²) in [5.74, 6) is 0.360. The Morgan fingerprint density at radius 1 is 0.500 bits per heavy atom. The molecule has 1 atom stereocenters. The first-order chi connectivity index (χ1) is 22.9. The summed E-state index contributed by atoms with van der Waals surface area (Å²) in [5, 5.41) is 11.0. The van der Waals surface area contributed by atoms with Crippen molar-refractivity contribution in [3.05, 3.63) is 205 Å². The molecule has 1 unspecified atom stereocenters. The van der Waals surface area contributed by atoms with E-state index in [0.717, 1.165) is 6.42 Å². The lowest BCUT2D eigenvalue weighted by molar-refractivity contribution is 0.785.